The molecule has 0 heterocycles. The van der Waals surface area contributed by atoms with Gasteiger partial charge in [0.25, 0.3) is 0 Å². The fourth-order valence-electron chi connectivity index (χ4n) is 0.248. The molecule has 0 radical (unpaired) electrons. The zero-order valence-corrected chi connectivity index (χ0v) is 5.98. The summed E-state index contributed by atoms with van der Waals surface area (Å²) in [6.07, 6.45) is 0. The van der Waals surface area contributed by atoms with Crippen LogP contribution in [-0.4, -0.2) is 13.2 Å². The summed E-state index contributed by atoms with van der Waals surface area (Å²) in [5, 5.41) is 0. The van der Waals surface area contributed by atoms with Crippen LogP contribution < -0.4 is 0 Å². The minimum Gasteiger partial charge on any atom is -0.119 e. The summed E-state index contributed by atoms with van der Waals surface area (Å²) in [6, 6.07) is 0. The van der Waals surface area contributed by atoms with Crippen molar-refractivity contribution < 1.29 is 13.6 Å². The lowest BCUT2D eigenvalue weighted by Crippen LogP contribution is -1.81. The maximum Gasteiger partial charge on any atom is 0.697 e. The van der Waals surface area contributed by atoms with Crippen molar-refractivity contribution >= 4 is 8.25 Å². The summed E-state index contributed by atoms with van der Waals surface area (Å²) in [6.45, 7) is 4.42. The van der Waals surface area contributed by atoms with Gasteiger partial charge in [0, 0.05) is 4.57 Å². The summed E-state index contributed by atoms with van der Waals surface area (Å²) in [5.74, 6) is 0. The first kappa shape index (κ1) is 11.8. The Morgan fingerprint density at radius 3 is 1.78 bits per heavy atom. The third-order valence-electron chi connectivity index (χ3n) is 0.469. The third kappa shape index (κ3) is 8.02. The van der Waals surface area contributed by atoms with E-state index in [1.165, 1.54) is 0 Å². The second kappa shape index (κ2) is 8.02. The van der Waals surface area contributed by atoms with Crippen molar-refractivity contribution in [3.8, 4) is 0 Å². The van der Waals surface area contributed by atoms with E-state index >= 15 is 0 Å². The summed E-state index contributed by atoms with van der Waals surface area (Å²) >= 11 is 0. The smallest absolute Gasteiger partial charge is 0.119 e. The van der Waals surface area contributed by atoms with Gasteiger partial charge in [-0.3, -0.25) is 0 Å². The van der Waals surface area contributed by atoms with Gasteiger partial charge in [0.05, 0.1) is 0 Å². The van der Waals surface area contributed by atoms with Gasteiger partial charge in [-0.05, 0) is 13.8 Å². The van der Waals surface area contributed by atoms with E-state index in [1.807, 2.05) is 0 Å². The fraction of sp³-hybridized carbons (Fsp3) is 1.00. The zero-order chi connectivity index (χ0) is 6.41. The standard InChI is InChI=1S/C4H10O3P.CH4/c1-3-6-8(5)7-4-2;/h3-4H2,1-2H3;1H4/q+1;. The van der Waals surface area contributed by atoms with Crippen LogP contribution >= 0.6 is 8.25 Å². The first-order valence-electron chi connectivity index (χ1n) is 2.54. The highest BCUT2D eigenvalue weighted by atomic mass is 31.1. The Morgan fingerprint density at radius 2 is 1.56 bits per heavy atom. The summed E-state index contributed by atoms with van der Waals surface area (Å²) in [7, 11) is -1.83. The Morgan fingerprint density at radius 1 is 1.22 bits per heavy atom. The summed E-state index contributed by atoms with van der Waals surface area (Å²) < 4.78 is 19.5. The van der Waals surface area contributed by atoms with Crippen molar-refractivity contribution in [1.82, 2.24) is 0 Å². The van der Waals surface area contributed by atoms with Gasteiger partial charge in [-0.1, -0.05) is 7.43 Å². The van der Waals surface area contributed by atoms with Crippen molar-refractivity contribution in [2.24, 2.45) is 0 Å². The Kier molecular flexibility index (Phi) is 10.5. The number of hydrogen-bond acceptors (Lipinski definition) is 3. The molecule has 0 fully saturated rings. The van der Waals surface area contributed by atoms with Gasteiger partial charge in [0.1, 0.15) is 13.2 Å². The first-order valence-corrected chi connectivity index (χ1v) is 3.63. The molecule has 0 N–H and O–H groups in total. The molecule has 0 aromatic rings. The number of hydrogen-bond donors (Lipinski definition) is 0. The van der Waals surface area contributed by atoms with Crippen LogP contribution in [0.25, 0.3) is 0 Å². The predicted molar refractivity (Wildman–Crippen MR) is 37.6 cm³/mol. The van der Waals surface area contributed by atoms with Crippen molar-refractivity contribution in [2.75, 3.05) is 13.2 Å². The molecule has 0 spiro atoms. The molecule has 0 amide bonds. The molecule has 9 heavy (non-hydrogen) atoms. The van der Waals surface area contributed by atoms with Crippen LogP contribution in [0.2, 0.25) is 0 Å². The van der Waals surface area contributed by atoms with Gasteiger partial charge in [-0.15, -0.1) is 9.05 Å². The molecule has 0 atom stereocenters. The highest BCUT2D eigenvalue weighted by Crippen LogP contribution is 2.21. The second-order valence-corrected chi connectivity index (χ2v) is 2.02. The molecule has 56 valence electrons. The van der Waals surface area contributed by atoms with Crippen LogP contribution in [0.3, 0.4) is 0 Å². The molecule has 0 saturated heterocycles. The third-order valence-corrected chi connectivity index (χ3v) is 1.41. The lowest BCUT2D eigenvalue weighted by Gasteiger charge is -1.78. The minimum absolute atomic E-state index is 0. The molecule has 0 aliphatic heterocycles. The van der Waals surface area contributed by atoms with Gasteiger partial charge in [-0.25, -0.2) is 0 Å². The molecule has 0 aliphatic rings. The van der Waals surface area contributed by atoms with E-state index < -0.39 is 8.25 Å². The van der Waals surface area contributed by atoms with Crippen LogP contribution in [0.4, 0.5) is 0 Å². The molecule has 0 aromatic heterocycles. The molecule has 0 aliphatic carbocycles. The van der Waals surface area contributed by atoms with Gasteiger partial charge in [0.15, 0.2) is 0 Å². The normalized spacial score (nSPS) is 8.22. The largest absolute Gasteiger partial charge is 0.697 e. The van der Waals surface area contributed by atoms with Crippen molar-refractivity contribution in [3.05, 3.63) is 0 Å². The van der Waals surface area contributed by atoms with Crippen molar-refractivity contribution in [3.63, 3.8) is 0 Å². The Bertz CT molecular complexity index is 66.6. The SMILES string of the molecule is C.CCO[P+](=O)OCC. The Labute approximate surface area is 57.3 Å². The van der Waals surface area contributed by atoms with Gasteiger partial charge in [-0.2, -0.15) is 0 Å². The lowest BCUT2D eigenvalue weighted by atomic mass is 10.9. The van der Waals surface area contributed by atoms with Gasteiger partial charge < -0.3 is 0 Å². The summed E-state index contributed by atoms with van der Waals surface area (Å²) in [4.78, 5) is 0. The van der Waals surface area contributed by atoms with E-state index in [0.717, 1.165) is 0 Å². The number of rotatable bonds is 4. The molecule has 0 saturated carbocycles. The quantitative estimate of drug-likeness (QED) is 0.581. The van der Waals surface area contributed by atoms with Crippen LogP contribution in [0.1, 0.15) is 21.3 Å². The van der Waals surface area contributed by atoms with Crippen LogP contribution in [0, 0.1) is 0 Å². The average Bonchev–Trinajstić information content (AvgIpc) is 1.68. The van der Waals surface area contributed by atoms with Crippen molar-refractivity contribution in [1.29, 1.82) is 0 Å². The second-order valence-electron chi connectivity index (χ2n) is 1.06. The van der Waals surface area contributed by atoms with Gasteiger partial charge >= 0.3 is 8.25 Å². The Balaban J connectivity index is 0. The molecule has 3 nitrogen and oxygen atoms in total. The highest BCUT2D eigenvalue weighted by Gasteiger charge is 2.15. The highest BCUT2D eigenvalue weighted by molar-refractivity contribution is 7.33. The first-order chi connectivity index (χ1) is 3.81. The Hall–Kier alpha value is 0.0200. The molecule has 0 aromatic carbocycles. The van der Waals surface area contributed by atoms with E-state index in [2.05, 4.69) is 9.05 Å². The molecule has 0 unspecified atom stereocenters. The predicted octanol–water partition coefficient (Wildman–Crippen LogP) is 2.35. The van der Waals surface area contributed by atoms with E-state index in [1.54, 1.807) is 13.8 Å². The van der Waals surface area contributed by atoms with Crippen LogP contribution in [0.5, 0.6) is 0 Å². The van der Waals surface area contributed by atoms with Crippen LogP contribution in [0.15, 0.2) is 0 Å². The van der Waals surface area contributed by atoms with E-state index in [-0.39, 0.29) is 7.43 Å². The zero-order valence-electron chi connectivity index (χ0n) is 5.09. The minimum atomic E-state index is -1.83. The summed E-state index contributed by atoms with van der Waals surface area (Å²) in [5.41, 5.74) is 0. The molecule has 0 rings (SSSR count). The van der Waals surface area contributed by atoms with E-state index in [9.17, 15) is 4.57 Å². The lowest BCUT2D eigenvalue weighted by molar-refractivity contribution is 0.243. The van der Waals surface area contributed by atoms with Gasteiger partial charge in [0.2, 0.25) is 0 Å². The average molecular weight is 153 g/mol. The van der Waals surface area contributed by atoms with E-state index in [4.69, 9.17) is 0 Å². The maximum absolute atomic E-state index is 10.3. The molecule has 0 bridgehead atoms. The topological polar surface area (TPSA) is 35.5 Å². The van der Waals surface area contributed by atoms with Crippen LogP contribution in [-0.2, 0) is 13.6 Å². The molecular weight excluding hydrogens is 139 g/mol. The monoisotopic (exact) mass is 153 g/mol. The maximum atomic E-state index is 10.3. The van der Waals surface area contributed by atoms with E-state index in [0.29, 0.717) is 13.2 Å². The fourth-order valence-corrected chi connectivity index (χ4v) is 0.744. The van der Waals surface area contributed by atoms with Crippen molar-refractivity contribution in [2.45, 2.75) is 21.3 Å². The molecular formula is C5H14O3P+. The molecule has 4 heteroatoms.